The van der Waals surface area contributed by atoms with E-state index in [1.807, 2.05) is 0 Å². The highest BCUT2D eigenvalue weighted by atomic mass is 16.4. The summed E-state index contributed by atoms with van der Waals surface area (Å²) in [6, 6.07) is 0.164. The fourth-order valence-electron chi connectivity index (χ4n) is 1.61. The summed E-state index contributed by atoms with van der Waals surface area (Å²) in [7, 11) is 0. The van der Waals surface area contributed by atoms with Crippen molar-refractivity contribution in [2.24, 2.45) is 0 Å². The van der Waals surface area contributed by atoms with Crippen LogP contribution in [0.5, 0.6) is 0 Å². The van der Waals surface area contributed by atoms with Gasteiger partial charge in [-0.25, -0.2) is 4.98 Å². The molecule has 1 aliphatic rings. The van der Waals surface area contributed by atoms with Crippen molar-refractivity contribution in [2.45, 2.75) is 25.3 Å². The highest BCUT2D eigenvalue weighted by Crippen LogP contribution is 2.22. The number of oxazole rings is 1. The molecule has 1 unspecified atom stereocenters. The quantitative estimate of drug-likeness (QED) is 0.745. The van der Waals surface area contributed by atoms with E-state index in [1.165, 1.54) is 6.20 Å². The Kier molecular flexibility index (Phi) is 2.49. The molecule has 0 bridgehead atoms. The standard InChI is InChI=1S/C9H12N2O3/c12-8(13)4-6-5-11-9(14-6)7-2-1-3-10-7/h5,7,10H,1-4H2,(H,12,13). The molecule has 0 saturated carbocycles. The van der Waals surface area contributed by atoms with Crippen molar-refractivity contribution < 1.29 is 14.3 Å². The number of nitrogens with zero attached hydrogens (tertiary/aromatic N) is 1. The molecule has 1 aliphatic heterocycles. The molecule has 1 aromatic heterocycles. The van der Waals surface area contributed by atoms with Crippen molar-refractivity contribution in [3.63, 3.8) is 0 Å². The van der Waals surface area contributed by atoms with E-state index in [0.29, 0.717) is 11.7 Å². The van der Waals surface area contributed by atoms with Crippen LogP contribution in [0.2, 0.25) is 0 Å². The van der Waals surface area contributed by atoms with Gasteiger partial charge in [0.15, 0.2) is 0 Å². The zero-order valence-corrected chi connectivity index (χ0v) is 7.69. The zero-order chi connectivity index (χ0) is 9.97. The Bertz CT molecular complexity index is 329. The Morgan fingerprint density at radius 1 is 1.79 bits per heavy atom. The lowest BCUT2D eigenvalue weighted by Crippen LogP contribution is -2.12. The van der Waals surface area contributed by atoms with E-state index in [-0.39, 0.29) is 12.5 Å². The summed E-state index contributed by atoms with van der Waals surface area (Å²) in [5.74, 6) is 0.132. The van der Waals surface area contributed by atoms with E-state index < -0.39 is 5.97 Å². The van der Waals surface area contributed by atoms with Gasteiger partial charge < -0.3 is 14.8 Å². The minimum atomic E-state index is -0.896. The number of hydrogen-bond donors (Lipinski definition) is 2. The summed E-state index contributed by atoms with van der Waals surface area (Å²) in [6.45, 7) is 0.974. The molecule has 2 rings (SSSR count). The third-order valence-corrected chi connectivity index (χ3v) is 2.26. The predicted octanol–water partition coefficient (Wildman–Crippen LogP) is 0.726. The van der Waals surface area contributed by atoms with Crippen LogP contribution < -0.4 is 5.32 Å². The van der Waals surface area contributed by atoms with E-state index >= 15 is 0 Å². The van der Waals surface area contributed by atoms with Gasteiger partial charge in [0, 0.05) is 0 Å². The number of carboxylic acids is 1. The van der Waals surface area contributed by atoms with Gasteiger partial charge in [0.2, 0.25) is 5.89 Å². The molecule has 1 aromatic rings. The SMILES string of the molecule is O=C(O)Cc1cnc(C2CCCN2)o1. The Labute approximate surface area is 81.1 Å². The van der Waals surface area contributed by atoms with Crippen LogP contribution in [0.4, 0.5) is 0 Å². The first kappa shape index (κ1) is 9.21. The van der Waals surface area contributed by atoms with Gasteiger partial charge in [-0.1, -0.05) is 0 Å². The maximum absolute atomic E-state index is 10.4. The summed E-state index contributed by atoms with van der Waals surface area (Å²) in [4.78, 5) is 14.5. The highest BCUT2D eigenvalue weighted by Gasteiger charge is 2.21. The van der Waals surface area contributed by atoms with Crippen molar-refractivity contribution in [3.05, 3.63) is 17.8 Å². The van der Waals surface area contributed by atoms with Crippen LogP contribution in [-0.2, 0) is 11.2 Å². The van der Waals surface area contributed by atoms with E-state index in [2.05, 4.69) is 10.3 Å². The molecule has 5 nitrogen and oxygen atoms in total. The molecular formula is C9H12N2O3. The maximum atomic E-state index is 10.4. The lowest BCUT2D eigenvalue weighted by atomic mass is 10.2. The Hall–Kier alpha value is -1.36. The second-order valence-electron chi connectivity index (χ2n) is 3.38. The van der Waals surface area contributed by atoms with Crippen molar-refractivity contribution in [2.75, 3.05) is 6.54 Å². The number of aliphatic carboxylic acids is 1. The van der Waals surface area contributed by atoms with Crippen molar-refractivity contribution in [1.82, 2.24) is 10.3 Å². The second-order valence-corrected chi connectivity index (χ2v) is 3.38. The maximum Gasteiger partial charge on any atom is 0.311 e. The number of carboxylic acid groups (broad SMARTS) is 1. The largest absolute Gasteiger partial charge is 0.481 e. The Morgan fingerprint density at radius 2 is 2.64 bits per heavy atom. The summed E-state index contributed by atoms with van der Waals surface area (Å²) < 4.78 is 5.32. The summed E-state index contributed by atoms with van der Waals surface area (Å²) in [5.41, 5.74) is 0. The molecule has 2 heterocycles. The number of aromatic nitrogens is 1. The predicted molar refractivity (Wildman–Crippen MR) is 47.8 cm³/mol. The van der Waals surface area contributed by atoms with Gasteiger partial charge in [0.05, 0.1) is 12.2 Å². The van der Waals surface area contributed by atoms with Gasteiger partial charge >= 0.3 is 5.97 Å². The van der Waals surface area contributed by atoms with Gasteiger partial charge in [0.1, 0.15) is 12.2 Å². The molecule has 5 heteroatoms. The molecule has 0 amide bonds. The van der Waals surface area contributed by atoms with Crippen LogP contribution in [0.15, 0.2) is 10.6 Å². The molecule has 2 N–H and O–H groups in total. The van der Waals surface area contributed by atoms with Gasteiger partial charge in [-0.3, -0.25) is 4.79 Å². The van der Waals surface area contributed by atoms with Crippen molar-refractivity contribution >= 4 is 5.97 Å². The van der Waals surface area contributed by atoms with Crippen LogP contribution in [0.25, 0.3) is 0 Å². The number of rotatable bonds is 3. The first-order valence-electron chi connectivity index (χ1n) is 4.65. The third-order valence-electron chi connectivity index (χ3n) is 2.26. The lowest BCUT2D eigenvalue weighted by Gasteiger charge is -2.03. The molecule has 0 aliphatic carbocycles. The average Bonchev–Trinajstić information content (AvgIpc) is 2.69. The minimum Gasteiger partial charge on any atom is -0.481 e. The minimum absolute atomic E-state index is 0.0975. The first-order valence-corrected chi connectivity index (χ1v) is 4.65. The zero-order valence-electron chi connectivity index (χ0n) is 7.69. The van der Waals surface area contributed by atoms with Crippen molar-refractivity contribution in [3.8, 4) is 0 Å². The number of carbonyl (C=O) groups is 1. The average molecular weight is 196 g/mol. The molecule has 0 radical (unpaired) electrons. The molecular weight excluding hydrogens is 184 g/mol. The van der Waals surface area contributed by atoms with E-state index in [9.17, 15) is 4.79 Å². The molecule has 1 atom stereocenters. The van der Waals surface area contributed by atoms with Gasteiger partial charge in [-0.05, 0) is 19.4 Å². The van der Waals surface area contributed by atoms with Crippen LogP contribution in [0.1, 0.15) is 30.5 Å². The monoisotopic (exact) mass is 196 g/mol. The summed E-state index contributed by atoms with van der Waals surface area (Å²) in [6.07, 6.45) is 3.51. The highest BCUT2D eigenvalue weighted by molar-refractivity contribution is 5.69. The molecule has 0 aromatic carbocycles. The van der Waals surface area contributed by atoms with Crippen LogP contribution in [0, 0.1) is 0 Å². The molecule has 76 valence electrons. The van der Waals surface area contributed by atoms with Crippen LogP contribution in [-0.4, -0.2) is 22.6 Å². The van der Waals surface area contributed by atoms with Gasteiger partial charge in [0.25, 0.3) is 0 Å². The number of nitrogens with one attached hydrogen (secondary N) is 1. The van der Waals surface area contributed by atoms with Crippen LogP contribution >= 0.6 is 0 Å². The molecule has 14 heavy (non-hydrogen) atoms. The third kappa shape index (κ3) is 1.93. The summed E-state index contributed by atoms with van der Waals surface area (Å²) in [5, 5.41) is 11.8. The lowest BCUT2D eigenvalue weighted by molar-refractivity contribution is -0.136. The van der Waals surface area contributed by atoms with Gasteiger partial charge in [-0.2, -0.15) is 0 Å². The Morgan fingerprint density at radius 3 is 3.29 bits per heavy atom. The second kappa shape index (κ2) is 3.79. The van der Waals surface area contributed by atoms with E-state index in [1.54, 1.807) is 0 Å². The van der Waals surface area contributed by atoms with Gasteiger partial charge in [-0.15, -0.1) is 0 Å². The Balaban J connectivity index is 2.05. The van der Waals surface area contributed by atoms with Crippen molar-refractivity contribution in [1.29, 1.82) is 0 Å². The summed E-state index contributed by atoms with van der Waals surface area (Å²) >= 11 is 0. The van der Waals surface area contributed by atoms with E-state index in [0.717, 1.165) is 19.4 Å². The normalized spacial score (nSPS) is 21.3. The topological polar surface area (TPSA) is 75.4 Å². The smallest absolute Gasteiger partial charge is 0.311 e. The fourth-order valence-corrected chi connectivity index (χ4v) is 1.61. The fraction of sp³-hybridized carbons (Fsp3) is 0.556. The number of hydrogen-bond acceptors (Lipinski definition) is 4. The molecule has 1 saturated heterocycles. The molecule has 1 fully saturated rings. The molecule has 0 spiro atoms. The first-order chi connectivity index (χ1) is 6.75. The van der Waals surface area contributed by atoms with E-state index in [4.69, 9.17) is 9.52 Å². The van der Waals surface area contributed by atoms with Crippen LogP contribution in [0.3, 0.4) is 0 Å².